The second-order valence-electron chi connectivity index (χ2n) is 5.06. The highest BCUT2D eigenvalue weighted by Gasteiger charge is 2.38. The van der Waals surface area contributed by atoms with Gasteiger partial charge in [0.1, 0.15) is 6.29 Å². The first-order valence-electron chi connectivity index (χ1n) is 6.79. The van der Waals surface area contributed by atoms with Crippen molar-refractivity contribution in [3.63, 3.8) is 0 Å². The van der Waals surface area contributed by atoms with Gasteiger partial charge in [0.2, 0.25) is 5.82 Å². The number of aldehydes is 1. The molecule has 0 fully saturated rings. The topological polar surface area (TPSA) is 83.9 Å². The highest BCUT2D eigenvalue weighted by molar-refractivity contribution is 5.75. The monoisotopic (exact) mass is 289 g/mol. The zero-order valence-corrected chi connectivity index (χ0v) is 11.5. The van der Waals surface area contributed by atoms with Crippen LogP contribution in [-0.2, 0) is 5.54 Å². The molecule has 0 radical (unpaired) electrons. The van der Waals surface area contributed by atoms with E-state index in [4.69, 9.17) is 4.99 Å². The lowest BCUT2D eigenvalue weighted by molar-refractivity contribution is 0.112. The summed E-state index contributed by atoms with van der Waals surface area (Å²) in [6.07, 6.45) is 2.83. The van der Waals surface area contributed by atoms with Crippen LogP contribution in [0.15, 0.2) is 53.5 Å². The highest BCUT2D eigenvalue weighted by Crippen LogP contribution is 2.33. The van der Waals surface area contributed by atoms with Gasteiger partial charge in [0.05, 0.1) is 5.36 Å². The van der Waals surface area contributed by atoms with E-state index in [-0.39, 0.29) is 0 Å². The molecule has 0 saturated heterocycles. The Bertz CT molecular complexity index is 910. The Hall–Kier alpha value is -3.15. The van der Waals surface area contributed by atoms with E-state index < -0.39 is 5.54 Å². The molecule has 1 aliphatic heterocycles. The normalized spacial score (nSPS) is 19.1. The number of aromatic amines is 1. The quantitative estimate of drug-likeness (QED) is 0.706. The molecule has 0 bridgehead atoms. The number of tetrazole rings is 1. The van der Waals surface area contributed by atoms with Gasteiger partial charge in [0.25, 0.3) is 0 Å². The second-order valence-corrected chi connectivity index (χ2v) is 5.06. The third kappa shape index (κ3) is 1.77. The van der Waals surface area contributed by atoms with Crippen LogP contribution in [0.4, 0.5) is 0 Å². The van der Waals surface area contributed by atoms with Crippen LogP contribution in [0.2, 0.25) is 0 Å². The summed E-state index contributed by atoms with van der Waals surface area (Å²) in [7, 11) is 0. The Balaban J connectivity index is 1.99. The van der Waals surface area contributed by atoms with Gasteiger partial charge < -0.3 is 0 Å². The lowest BCUT2D eigenvalue weighted by atomic mass is 9.89. The van der Waals surface area contributed by atoms with Crippen molar-refractivity contribution in [1.29, 1.82) is 0 Å². The van der Waals surface area contributed by atoms with Gasteiger partial charge in [-0.05, 0) is 22.9 Å². The molecular formula is C16H11N5O. The summed E-state index contributed by atoms with van der Waals surface area (Å²) >= 11 is 0. The summed E-state index contributed by atoms with van der Waals surface area (Å²) in [5.74, 6) is 0.475. The SMILES string of the molecule is O=Cc1ccc(C2(c3nn[nH]n3)C=c3ccccc3=N2)cc1. The molecule has 1 aromatic heterocycles. The van der Waals surface area contributed by atoms with Crippen molar-refractivity contribution in [2.45, 2.75) is 5.54 Å². The molecule has 0 saturated carbocycles. The lowest BCUT2D eigenvalue weighted by Crippen LogP contribution is -2.23. The number of hydrogen-bond acceptors (Lipinski definition) is 5. The average molecular weight is 289 g/mol. The van der Waals surface area contributed by atoms with Crippen LogP contribution >= 0.6 is 0 Å². The molecule has 3 aromatic rings. The Labute approximate surface area is 125 Å². The van der Waals surface area contributed by atoms with Gasteiger partial charge in [-0.3, -0.25) is 9.79 Å². The van der Waals surface area contributed by atoms with E-state index in [1.54, 1.807) is 12.1 Å². The third-order valence-electron chi connectivity index (χ3n) is 3.77. The van der Waals surface area contributed by atoms with Crippen molar-refractivity contribution in [1.82, 2.24) is 20.6 Å². The van der Waals surface area contributed by atoms with E-state index in [9.17, 15) is 4.79 Å². The highest BCUT2D eigenvalue weighted by atomic mass is 16.1. The Morgan fingerprint density at radius 3 is 2.55 bits per heavy atom. The van der Waals surface area contributed by atoms with Gasteiger partial charge in [-0.25, -0.2) is 0 Å². The number of nitrogens with one attached hydrogen (secondary N) is 1. The van der Waals surface area contributed by atoms with Crippen molar-refractivity contribution >= 4 is 12.4 Å². The minimum Gasteiger partial charge on any atom is -0.298 e. The van der Waals surface area contributed by atoms with Crippen LogP contribution in [-0.4, -0.2) is 26.9 Å². The number of aromatic nitrogens is 4. The summed E-state index contributed by atoms with van der Waals surface area (Å²) in [5.41, 5.74) is 0.677. The van der Waals surface area contributed by atoms with E-state index in [2.05, 4.69) is 20.6 Å². The number of benzene rings is 2. The molecule has 0 aliphatic carbocycles. The Morgan fingerprint density at radius 2 is 1.86 bits per heavy atom. The smallest absolute Gasteiger partial charge is 0.210 e. The van der Waals surface area contributed by atoms with E-state index >= 15 is 0 Å². The van der Waals surface area contributed by atoms with Gasteiger partial charge in [-0.15, -0.1) is 10.2 Å². The Morgan fingerprint density at radius 1 is 1.05 bits per heavy atom. The van der Waals surface area contributed by atoms with Gasteiger partial charge in [0, 0.05) is 5.56 Å². The van der Waals surface area contributed by atoms with Crippen molar-refractivity contribution in [2.24, 2.45) is 4.99 Å². The minimum atomic E-state index is -0.821. The summed E-state index contributed by atoms with van der Waals surface area (Å²) in [6.45, 7) is 0. The maximum absolute atomic E-state index is 10.9. The number of H-pyrrole nitrogens is 1. The molecule has 2 heterocycles. The first-order chi connectivity index (χ1) is 10.8. The molecule has 1 atom stereocenters. The first-order valence-corrected chi connectivity index (χ1v) is 6.79. The van der Waals surface area contributed by atoms with E-state index in [0.717, 1.165) is 22.4 Å². The van der Waals surface area contributed by atoms with Crippen molar-refractivity contribution < 1.29 is 4.79 Å². The molecular weight excluding hydrogens is 278 g/mol. The largest absolute Gasteiger partial charge is 0.298 e. The van der Waals surface area contributed by atoms with Gasteiger partial charge in [-0.2, -0.15) is 5.21 Å². The number of carbonyl (C=O) groups excluding carboxylic acids is 1. The number of fused-ring (bicyclic) bond motifs is 1. The molecule has 4 rings (SSSR count). The molecule has 6 nitrogen and oxygen atoms in total. The van der Waals surface area contributed by atoms with Crippen molar-refractivity contribution in [2.75, 3.05) is 0 Å². The lowest BCUT2D eigenvalue weighted by Gasteiger charge is -2.20. The summed E-state index contributed by atoms with van der Waals surface area (Å²) in [6, 6.07) is 15.1. The molecule has 0 spiro atoms. The van der Waals surface area contributed by atoms with Crippen LogP contribution in [0, 0.1) is 0 Å². The predicted molar refractivity (Wildman–Crippen MR) is 78.5 cm³/mol. The van der Waals surface area contributed by atoms with Crippen LogP contribution in [0.1, 0.15) is 21.7 Å². The summed E-state index contributed by atoms with van der Waals surface area (Å²) in [5, 5.41) is 16.3. The van der Waals surface area contributed by atoms with Crippen molar-refractivity contribution in [3.8, 4) is 0 Å². The van der Waals surface area contributed by atoms with Crippen LogP contribution in [0.25, 0.3) is 6.08 Å². The molecule has 1 unspecified atom stereocenters. The number of para-hydroxylation sites is 1. The maximum Gasteiger partial charge on any atom is 0.210 e. The molecule has 1 N–H and O–H groups in total. The minimum absolute atomic E-state index is 0.475. The molecule has 22 heavy (non-hydrogen) atoms. The zero-order chi connectivity index (χ0) is 15.0. The number of hydrogen-bond donors (Lipinski definition) is 1. The standard InChI is InChI=1S/C16H11N5O/c22-10-11-5-7-13(8-6-11)16(15-18-20-21-19-15)9-12-3-1-2-4-14(12)17-16/h1-10H,(H,18,19,20,21). The molecule has 106 valence electrons. The second kappa shape index (κ2) is 4.70. The predicted octanol–water partition coefficient (Wildman–Crippen LogP) is 0.370. The van der Waals surface area contributed by atoms with Gasteiger partial charge >= 0.3 is 0 Å². The number of carbonyl (C=O) groups is 1. The van der Waals surface area contributed by atoms with Crippen molar-refractivity contribution in [3.05, 3.63) is 76.1 Å². The van der Waals surface area contributed by atoms with Crippen LogP contribution in [0.3, 0.4) is 0 Å². The van der Waals surface area contributed by atoms with Gasteiger partial charge in [-0.1, -0.05) is 47.7 Å². The van der Waals surface area contributed by atoms with E-state index in [1.165, 1.54) is 0 Å². The average Bonchev–Trinajstić information content (AvgIpc) is 3.22. The summed E-state index contributed by atoms with van der Waals surface area (Å²) < 4.78 is 0. The fraction of sp³-hybridized carbons (Fsp3) is 0.0625. The van der Waals surface area contributed by atoms with Gasteiger partial charge in [0.15, 0.2) is 5.54 Å². The number of rotatable bonds is 3. The molecule has 6 heteroatoms. The van der Waals surface area contributed by atoms with E-state index in [0.29, 0.717) is 11.4 Å². The Kier molecular flexibility index (Phi) is 2.69. The zero-order valence-electron chi connectivity index (χ0n) is 11.5. The fourth-order valence-corrected chi connectivity index (χ4v) is 2.69. The molecule has 2 aromatic carbocycles. The number of nitrogens with zero attached hydrogens (tertiary/aromatic N) is 4. The maximum atomic E-state index is 10.9. The van der Waals surface area contributed by atoms with Crippen LogP contribution < -0.4 is 10.6 Å². The molecule has 0 amide bonds. The fourth-order valence-electron chi connectivity index (χ4n) is 2.69. The van der Waals surface area contributed by atoms with E-state index in [1.807, 2.05) is 42.5 Å². The third-order valence-corrected chi connectivity index (χ3v) is 3.77. The van der Waals surface area contributed by atoms with Crippen LogP contribution in [0.5, 0.6) is 0 Å². The molecule has 1 aliphatic rings. The first kappa shape index (κ1) is 12.6. The summed E-state index contributed by atoms with van der Waals surface area (Å²) in [4.78, 5) is 15.7.